The minimum absolute atomic E-state index is 0.0686. The van der Waals surface area contributed by atoms with Crippen LogP contribution >= 0.6 is 0 Å². The molecule has 1 aromatic carbocycles. The van der Waals surface area contributed by atoms with E-state index < -0.39 is 23.7 Å². The normalized spacial score (nSPS) is 12.5. The molecule has 164 valence electrons. The van der Waals surface area contributed by atoms with Gasteiger partial charge in [-0.1, -0.05) is 0 Å². The highest BCUT2D eigenvalue weighted by Crippen LogP contribution is 2.27. The third kappa shape index (κ3) is 5.19. The van der Waals surface area contributed by atoms with Crippen LogP contribution in [-0.2, 0) is 5.92 Å². The average Bonchev–Trinajstić information content (AvgIpc) is 3.27. The van der Waals surface area contributed by atoms with Gasteiger partial charge in [0.15, 0.2) is 0 Å². The first kappa shape index (κ1) is 22.3. The topological polar surface area (TPSA) is 73.1 Å². The molecule has 2 aromatic heterocycles. The van der Waals surface area contributed by atoms with Crippen molar-refractivity contribution in [3.05, 3.63) is 65.9 Å². The van der Waals surface area contributed by atoms with Gasteiger partial charge in [0.2, 0.25) is 5.88 Å². The summed E-state index contributed by atoms with van der Waals surface area (Å²) in [7, 11) is 0. The number of alkyl halides is 2. The Kier molecular flexibility index (Phi) is 6.57. The molecule has 3 rings (SSSR count). The van der Waals surface area contributed by atoms with Gasteiger partial charge in [0.25, 0.3) is 11.8 Å². The molecule has 0 spiro atoms. The van der Waals surface area contributed by atoms with E-state index in [1.54, 1.807) is 13.8 Å². The number of pyridine rings is 1. The van der Waals surface area contributed by atoms with Crippen LogP contribution < -0.4 is 4.74 Å². The highest BCUT2D eigenvalue weighted by atomic mass is 19.3. The fourth-order valence-corrected chi connectivity index (χ4v) is 3.03. The molecule has 0 aliphatic heterocycles. The monoisotopic (exact) mass is 433 g/mol. The molecule has 0 radical (unpaired) electrons. The lowest BCUT2D eigenvalue weighted by Gasteiger charge is -2.28. The van der Waals surface area contributed by atoms with E-state index in [9.17, 15) is 18.0 Å². The molecule has 0 saturated carbocycles. The number of nitrogens with zero attached hydrogens (tertiary/aromatic N) is 5. The third-order valence-corrected chi connectivity index (χ3v) is 4.67. The number of carbonyl (C=O) groups excluding carboxylic acids is 1. The second-order valence-electron chi connectivity index (χ2n) is 7.00. The summed E-state index contributed by atoms with van der Waals surface area (Å²) in [5.41, 5.74) is 0.238. The van der Waals surface area contributed by atoms with Crippen molar-refractivity contribution < 1.29 is 22.7 Å². The molecule has 1 amide bonds. The molecule has 0 aliphatic rings. The lowest BCUT2D eigenvalue weighted by Crippen LogP contribution is -2.42. The van der Waals surface area contributed by atoms with Crippen LogP contribution in [0.2, 0.25) is 0 Å². The summed E-state index contributed by atoms with van der Waals surface area (Å²) in [6, 6.07) is 5.99. The van der Waals surface area contributed by atoms with E-state index in [4.69, 9.17) is 4.74 Å². The first-order chi connectivity index (χ1) is 14.7. The summed E-state index contributed by atoms with van der Waals surface area (Å²) in [6.07, 6.45) is 3.97. The minimum Gasteiger partial charge on any atom is -0.475 e. The molecule has 0 N–H and O–H groups in total. The molecule has 31 heavy (non-hydrogen) atoms. The lowest BCUT2D eigenvalue weighted by atomic mass is 10.1. The lowest BCUT2D eigenvalue weighted by molar-refractivity contribution is 0.0169. The Labute approximate surface area is 177 Å². The quantitative estimate of drug-likeness (QED) is 0.540. The predicted molar refractivity (Wildman–Crippen MR) is 107 cm³/mol. The molecule has 0 fully saturated rings. The zero-order chi connectivity index (χ0) is 22.6. The smallest absolute Gasteiger partial charge is 0.272 e. The number of likely N-dealkylation sites (N-methyl/N-ethyl adjacent to an activating group) is 1. The SMILES string of the molecule is CCN(C(=O)c1cc(F)ccc1-n1nccn1)[C@@H](C)COc1ccc(C(C)(F)F)cn1. The molecule has 0 unspecified atom stereocenters. The van der Waals surface area contributed by atoms with Crippen LogP contribution in [0.1, 0.15) is 36.7 Å². The van der Waals surface area contributed by atoms with Crippen molar-refractivity contribution in [1.29, 1.82) is 0 Å². The van der Waals surface area contributed by atoms with Gasteiger partial charge in [-0.3, -0.25) is 4.79 Å². The predicted octanol–water partition coefficient (Wildman–Crippen LogP) is 3.84. The van der Waals surface area contributed by atoms with E-state index in [-0.39, 0.29) is 23.6 Å². The largest absolute Gasteiger partial charge is 0.475 e. The molecular weight excluding hydrogens is 411 g/mol. The van der Waals surface area contributed by atoms with Crippen LogP contribution in [0.5, 0.6) is 5.88 Å². The van der Waals surface area contributed by atoms with Crippen molar-refractivity contribution in [3.63, 3.8) is 0 Å². The molecule has 2 heterocycles. The fourth-order valence-electron chi connectivity index (χ4n) is 3.03. The number of hydrogen-bond acceptors (Lipinski definition) is 5. The number of rotatable bonds is 8. The molecule has 0 bridgehead atoms. The van der Waals surface area contributed by atoms with E-state index in [0.29, 0.717) is 12.2 Å². The first-order valence-corrected chi connectivity index (χ1v) is 9.65. The van der Waals surface area contributed by atoms with E-state index in [1.807, 2.05) is 0 Å². The van der Waals surface area contributed by atoms with Crippen molar-refractivity contribution in [1.82, 2.24) is 24.9 Å². The van der Waals surface area contributed by atoms with Crippen molar-refractivity contribution >= 4 is 5.91 Å². The number of aromatic nitrogens is 4. The minimum atomic E-state index is -2.99. The summed E-state index contributed by atoms with van der Waals surface area (Å²) >= 11 is 0. The highest BCUT2D eigenvalue weighted by Gasteiger charge is 2.26. The first-order valence-electron chi connectivity index (χ1n) is 9.65. The van der Waals surface area contributed by atoms with Crippen LogP contribution in [0, 0.1) is 5.82 Å². The standard InChI is InChI=1S/C21H22F3N5O2/c1-4-28(14(2)13-31-19-8-5-15(12-25-19)21(3,23)24)20(30)17-11-16(22)6-7-18(17)29-26-9-10-27-29/h5-12,14H,4,13H2,1-3H3/t14-/m0/s1. The zero-order valence-electron chi connectivity index (χ0n) is 17.3. The van der Waals surface area contributed by atoms with Crippen molar-refractivity contribution in [3.8, 4) is 11.6 Å². The Bertz CT molecular complexity index is 1020. The Morgan fingerprint density at radius 3 is 2.52 bits per heavy atom. The molecule has 3 aromatic rings. The zero-order valence-corrected chi connectivity index (χ0v) is 17.3. The van der Waals surface area contributed by atoms with Gasteiger partial charge in [0, 0.05) is 31.3 Å². The number of carbonyl (C=O) groups is 1. The van der Waals surface area contributed by atoms with Crippen molar-refractivity contribution in [2.75, 3.05) is 13.2 Å². The molecule has 7 nitrogen and oxygen atoms in total. The van der Waals surface area contributed by atoms with Gasteiger partial charge in [-0.05, 0) is 38.1 Å². The van der Waals surface area contributed by atoms with Crippen LogP contribution in [0.4, 0.5) is 13.2 Å². The summed E-state index contributed by atoms with van der Waals surface area (Å²) < 4.78 is 46.1. The van der Waals surface area contributed by atoms with E-state index in [1.165, 1.54) is 46.4 Å². The van der Waals surface area contributed by atoms with Crippen LogP contribution in [0.3, 0.4) is 0 Å². The van der Waals surface area contributed by atoms with Crippen LogP contribution in [0.15, 0.2) is 48.9 Å². The molecule has 1 atom stereocenters. The Morgan fingerprint density at radius 1 is 1.23 bits per heavy atom. The van der Waals surface area contributed by atoms with Gasteiger partial charge in [0.05, 0.1) is 29.7 Å². The second kappa shape index (κ2) is 9.15. The highest BCUT2D eigenvalue weighted by molar-refractivity contribution is 5.97. The maximum Gasteiger partial charge on any atom is 0.272 e. The Balaban J connectivity index is 1.74. The summed E-state index contributed by atoms with van der Waals surface area (Å²) in [5, 5.41) is 8.03. The second-order valence-corrected chi connectivity index (χ2v) is 7.00. The average molecular weight is 433 g/mol. The van der Waals surface area contributed by atoms with Gasteiger partial charge < -0.3 is 9.64 Å². The summed E-state index contributed by atoms with van der Waals surface area (Å²) in [4.78, 5) is 19.8. The maximum absolute atomic E-state index is 13.9. The van der Waals surface area contributed by atoms with Crippen molar-refractivity contribution in [2.24, 2.45) is 0 Å². The van der Waals surface area contributed by atoms with Gasteiger partial charge in [-0.25, -0.2) is 18.2 Å². The van der Waals surface area contributed by atoms with Crippen LogP contribution in [-0.4, -0.2) is 50.0 Å². The van der Waals surface area contributed by atoms with E-state index >= 15 is 0 Å². The van der Waals surface area contributed by atoms with Gasteiger partial charge in [-0.2, -0.15) is 15.0 Å². The van der Waals surface area contributed by atoms with Gasteiger partial charge >= 0.3 is 0 Å². The molecular formula is C21H22F3N5O2. The third-order valence-electron chi connectivity index (χ3n) is 4.67. The maximum atomic E-state index is 13.9. The van der Waals surface area contributed by atoms with E-state index in [0.717, 1.165) is 19.2 Å². The molecule has 0 aliphatic carbocycles. The van der Waals surface area contributed by atoms with Crippen LogP contribution in [0.25, 0.3) is 5.69 Å². The summed E-state index contributed by atoms with van der Waals surface area (Å²) in [6.45, 7) is 4.74. The molecule has 10 heteroatoms. The Hall–Kier alpha value is -3.43. The van der Waals surface area contributed by atoms with Gasteiger partial charge in [0.1, 0.15) is 12.4 Å². The number of hydrogen-bond donors (Lipinski definition) is 0. The number of halogens is 3. The van der Waals surface area contributed by atoms with Gasteiger partial charge in [-0.15, -0.1) is 0 Å². The molecule has 0 saturated heterocycles. The number of amides is 1. The fraction of sp³-hybridized carbons (Fsp3) is 0.333. The van der Waals surface area contributed by atoms with E-state index in [2.05, 4.69) is 15.2 Å². The Morgan fingerprint density at radius 2 is 1.94 bits per heavy atom. The van der Waals surface area contributed by atoms with Crippen molar-refractivity contribution in [2.45, 2.75) is 32.7 Å². The summed E-state index contributed by atoms with van der Waals surface area (Å²) in [5.74, 6) is -3.80. The number of benzene rings is 1. The number of ether oxygens (including phenoxy) is 1.